The molecule has 0 radical (unpaired) electrons. The summed E-state index contributed by atoms with van der Waals surface area (Å²) in [5, 5.41) is 0. The van der Waals surface area contributed by atoms with E-state index in [0.29, 0.717) is 6.54 Å². The van der Waals surface area contributed by atoms with Gasteiger partial charge in [0.15, 0.2) is 0 Å². The van der Waals surface area contributed by atoms with Crippen molar-refractivity contribution in [2.45, 2.75) is 51.1 Å². The smallest absolute Gasteiger partial charge is 0.0659 e. The number of methoxy groups -OCH3 is 1. The Morgan fingerprint density at radius 3 is 2.40 bits per heavy atom. The van der Waals surface area contributed by atoms with E-state index in [1.54, 1.807) is 7.11 Å². The summed E-state index contributed by atoms with van der Waals surface area (Å²) in [5.41, 5.74) is 6.05. The van der Waals surface area contributed by atoms with Crippen LogP contribution in [0.4, 0.5) is 0 Å². The molecule has 0 aromatic heterocycles. The number of rotatable bonds is 8. The Morgan fingerprint density at radius 2 is 2.07 bits per heavy atom. The Kier molecular flexibility index (Phi) is 5.03. The lowest BCUT2D eigenvalue weighted by Gasteiger charge is -2.42. The Bertz CT molecular complexity index is 176. The summed E-state index contributed by atoms with van der Waals surface area (Å²) in [6, 6.07) is 0.767. The molecule has 1 aliphatic rings. The first-order valence-electron chi connectivity index (χ1n) is 6.19. The van der Waals surface area contributed by atoms with Crippen LogP contribution in [0.3, 0.4) is 0 Å². The zero-order valence-corrected chi connectivity index (χ0v) is 10.5. The molecule has 1 atom stereocenters. The lowest BCUT2D eigenvalue weighted by atomic mass is 9.94. The highest BCUT2D eigenvalue weighted by atomic mass is 16.5. The van der Waals surface area contributed by atoms with Gasteiger partial charge in [-0.15, -0.1) is 0 Å². The maximum Gasteiger partial charge on any atom is 0.0659 e. The molecule has 1 unspecified atom stereocenters. The molecule has 0 heterocycles. The predicted molar refractivity (Wildman–Crippen MR) is 64.0 cm³/mol. The van der Waals surface area contributed by atoms with Gasteiger partial charge in [0.2, 0.25) is 0 Å². The molecule has 0 aliphatic heterocycles. The first-order chi connectivity index (χ1) is 7.24. The molecule has 0 spiro atoms. The summed E-state index contributed by atoms with van der Waals surface area (Å²) in [7, 11) is 1.77. The average Bonchev–Trinajstić information content (AvgIpc) is 3.07. The highest BCUT2D eigenvalue weighted by Gasteiger charge is 2.41. The van der Waals surface area contributed by atoms with Crippen molar-refractivity contribution in [3.8, 4) is 0 Å². The molecule has 0 bridgehead atoms. The Hall–Kier alpha value is -0.120. The van der Waals surface area contributed by atoms with Crippen LogP contribution in [0.5, 0.6) is 0 Å². The van der Waals surface area contributed by atoms with Gasteiger partial charge in [0.1, 0.15) is 0 Å². The Balaban J connectivity index is 2.71. The first-order valence-corrected chi connectivity index (χ1v) is 6.19. The molecule has 3 heteroatoms. The van der Waals surface area contributed by atoms with E-state index in [9.17, 15) is 0 Å². The van der Waals surface area contributed by atoms with Crippen LogP contribution in [0.25, 0.3) is 0 Å². The van der Waals surface area contributed by atoms with Crippen LogP contribution < -0.4 is 5.73 Å². The number of nitrogens with zero attached hydrogens (tertiary/aromatic N) is 1. The van der Waals surface area contributed by atoms with Gasteiger partial charge in [-0.25, -0.2) is 0 Å². The molecule has 0 aromatic carbocycles. The highest BCUT2D eigenvalue weighted by Crippen LogP contribution is 2.34. The average molecular weight is 214 g/mol. The van der Waals surface area contributed by atoms with Crippen LogP contribution in [0.15, 0.2) is 0 Å². The molecule has 1 aliphatic carbocycles. The molecular formula is C12H26N2O. The van der Waals surface area contributed by atoms with Crippen molar-refractivity contribution in [3.05, 3.63) is 0 Å². The van der Waals surface area contributed by atoms with Crippen LogP contribution >= 0.6 is 0 Å². The van der Waals surface area contributed by atoms with E-state index in [2.05, 4.69) is 18.7 Å². The molecule has 90 valence electrons. The Labute approximate surface area is 94.0 Å². The van der Waals surface area contributed by atoms with E-state index in [0.717, 1.165) is 25.6 Å². The monoisotopic (exact) mass is 214 g/mol. The summed E-state index contributed by atoms with van der Waals surface area (Å²) in [5.74, 6) is 0. The summed E-state index contributed by atoms with van der Waals surface area (Å²) in [4.78, 5) is 2.59. The number of hydrogen-bond acceptors (Lipinski definition) is 3. The van der Waals surface area contributed by atoms with Crippen molar-refractivity contribution >= 4 is 0 Å². The second-order valence-electron chi connectivity index (χ2n) is 4.64. The summed E-state index contributed by atoms with van der Waals surface area (Å²) in [6.45, 7) is 7.07. The third-order valence-corrected chi connectivity index (χ3v) is 3.51. The van der Waals surface area contributed by atoms with E-state index < -0.39 is 0 Å². The normalized spacial score (nSPS) is 20.6. The topological polar surface area (TPSA) is 38.5 Å². The molecule has 1 saturated carbocycles. The number of ether oxygens (including phenoxy) is 1. The van der Waals surface area contributed by atoms with Gasteiger partial charge in [0, 0.05) is 19.7 Å². The van der Waals surface area contributed by atoms with E-state index in [1.807, 2.05) is 0 Å². The number of nitrogens with two attached hydrogens (primary N) is 1. The fourth-order valence-corrected chi connectivity index (χ4v) is 2.41. The minimum Gasteiger partial charge on any atom is -0.383 e. The maximum atomic E-state index is 5.98. The van der Waals surface area contributed by atoms with Crippen LogP contribution in [0.1, 0.15) is 39.5 Å². The molecule has 15 heavy (non-hydrogen) atoms. The lowest BCUT2D eigenvalue weighted by molar-refractivity contribution is 0.00610. The van der Waals surface area contributed by atoms with Crippen LogP contribution in [0.2, 0.25) is 0 Å². The van der Waals surface area contributed by atoms with Gasteiger partial charge in [-0.1, -0.05) is 13.8 Å². The van der Waals surface area contributed by atoms with Crippen molar-refractivity contribution < 1.29 is 4.74 Å². The quantitative estimate of drug-likeness (QED) is 0.667. The summed E-state index contributed by atoms with van der Waals surface area (Å²) < 4.78 is 5.37. The SMILES string of the molecule is CCCN(C1CC1)C(CC)(CN)COC. The van der Waals surface area contributed by atoms with Crippen LogP contribution in [0, 0.1) is 0 Å². The minimum atomic E-state index is 0.0753. The fourth-order valence-electron chi connectivity index (χ4n) is 2.41. The van der Waals surface area contributed by atoms with Crippen molar-refractivity contribution in [2.75, 3.05) is 26.8 Å². The van der Waals surface area contributed by atoms with Gasteiger partial charge >= 0.3 is 0 Å². The fraction of sp³-hybridized carbons (Fsp3) is 1.00. The van der Waals surface area contributed by atoms with Crippen molar-refractivity contribution in [3.63, 3.8) is 0 Å². The minimum absolute atomic E-state index is 0.0753. The van der Waals surface area contributed by atoms with Crippen molar-refractivity contribution in [1.82, 2.24) is 4.90 Å². The zero-order chi connectivity index (χ0) is 11.3. The third kappa shape index (κ3) is 2.92. The second kappa shape index (κ2) is 5.83. The zero-order valence-electron chi connectivity index (χ0n) is 10.5. The molecular weight excluding hydrogens is 188 g/mol. The van der Waals surface area contributed by atoms with Crippen molar-refractivity contribution in [2.24, 2.45) is 5.73 Å². The summed E-state index contributed by atoms with van der Waals surface area (Å²) in [6.07, 6.45) is 4.95. The lowest BCUT2D eigenvalue weighted by Crippen LogP contribution is -2.57. The largest absolute Gasteiger partial charge is 0.383 e. The van der Waals surface area contributed by atoms with Crippen LogP contribution in [-0.2, 0) is 4.74 Å². The molecule has 3 nitrogen and oxygen atoms in total. The third-order valence-electron chi connectivity index (χ3n) is 3.51. The molecule has 0 saturated heterocycles. The van der Waals surface area contributed by atoms with E-state index in [-0.39, 0.29) is 5.54 Å². The van der Waals surface area contributed by atoms with Crippen molar-refractivity contribution in [1.29, 1.82) is 0 Å². The molecule has 1 fully saturated rings. The second-order valence-corrected chi connectivity index (χ2v) is 4.64. The molecule has 2 N–H and O–H groups in total. The first kappa shape index (κ1) is 12.9. The van der Waals surface area contributed by atoms with Gasteiger partial charge in [0.05, 0.1) is 12.1 Å². The van der Waals surface area contributed by atoms with Crippen LogP contribution in [-0.4, -0.2) is 43.3 Å². The van der Waals surface area contributed by atoms with E-state index in [4.69, 9.17) is 10.5 Å². The molecule has 1 rings (SSSR count). The number of hydrogen-bond donors (Lipinski definition) is 1. The van der Waals surface area contributed by atoms with Gasteiger partial charge in [-0.3, -0.25) is 4.90 Å². The predicted octanol–water partition coefficient (Wildman–Crippen LogP) is 1.61. The van der Waals surface area contributed by atoms with E-state index >= 15 is 0 Å². The van der Waals surface area contributed by atoms with Gasteiger partial charge < -0.3 is 10.5 Å². The van der Waals surface area contributed by atoms with E-state index in [1.165, 1.54) is 19.3 Å². The molecule has 0 aromatic rings. The van der Waals surface area contributed by atoms with Gasteiger partial charge in [-0.05, 0) is 32.2 Å². The maximum absolute atomic E-state index is 5.98. The standard InChI is InChI=1S/C12H26N2O/c1-4-8-14(11-6-7-11)12(5-2,9-13)10-15-3/h11H,4-10,13H2,1-3H3. The highest BCUT2D eigenvalue weighted by molar-refractivity contribution is 4.98. The Morgan fingerprint density at radius 1 is 1.40 bits per heavy atom. The summed E-state index contributed by atoms with van der Waals surface area (Å²) >= 11 is 0. The van der Waals surface area contributed by atoms with Gasteiger partial charge in [0.25, 0.3) is 0 Å². The van der Waals surface area contributed by atoms with Gasteiger partial charge in [-0.2, -0.15) is 0 Å². The molecule has 0 amide bonds.